The number of nitriles is 1. The second-order valence-corrected chi connectivity index (χ2v) is 12.0. The first kappa shape index (κ1) is 23.8. The van der Waals surface area contributed by atoms with Crippen LogP contribution in [0.5, 0.6) is 0 Å². The quantitative estimate of drug-likeness (QED) is 0.552. The number of fused-ring (bicyclic) bond motifs is 1. The largest absolute Gasteiger partial charge is 0.316 e. The molecular weight excluding hydrogens is 426 g/mol. The normalized spacial score (nSPS) is 16.5. The van der Waals surface area contributed by atoms with Crippen molar-refractivity contribution >= 4 is 34.0 Å². The monoisotopic (exact) mass is 459 g/mol. The molecule has 2 heterocycles. The van der Waals surface area contributed by atoms with Gasteiger partial charge in [-0.2, -0.15) is 5.26 Å². The number of thioether (sulfide) groups is 1. The average Bonchev–Trinajstić information content (AvgIpc) is 3.25. The maximum absolute atomic E-state index is 12.7. The average molecular weight is 460 g/mol. The molecule has 3 rings (SSSR count). The number of anilines is 1. The van der Waals surface area contributed by atoms with Crippen molar-refractivity contribution in [3.05, 3.63) is 21.8 Å². The molecule has 8 heteroatoms. The zero-order valence-electron chi connectivity index (χ0n) is 19.6. The maximum atomic E-state index is 12.7. The Labute approximate surface area is 193 Å². The van der Waals surface area contributed by atoms with Gasteiger partial charge >= 0.3 is 0 Å². The Morgan fingerprint density at radius 2 is 2.03 bits per heavy atom. The highest BCUT2D eigenvalue weighted by Gasteiger charge is 2.32. The van der Waals surface area contributed by atoms with Gasteiger partial charge in [-0.1, -0.05) is 46.4 Å². The molecule has 0 radical (unpaired) electrons. The van der Waals surface area contributed by atoms with Crippen molar-refractivity contribution in [1.29, 1.82) is 5.26 Å². The number of nitrogens with zero attached hydrogens (tertiary/aromatic N) is 4. The summed E-state index contributed by atoms with van der Waals surface area (Å²) in [5.74, 6) is 1.93. The van der Waals surface area contributed by atoms with E-state index in [9.17, 15) is 10.1 Å². The Kier molecular flexibility index (Phi) is 7.17. The zero-order valence-corrected chi connectivity index (χ0v) is 21.2. The molecular formula is C23H33N5OS2. The van der Waals surface area contributed by atoms with Crippen molar-refractivity contribution in [2.24, 2.45) is 11.3 Å². The maximum Gasteiger partial charge on any atom is 0.235 e. The first-order valence-corrected chi connectivity index (χ1v) is 12.7. The number of carbonyl (C=O) groups excluding carboxylic acids is 1. The van der Waals surface area contributed by atoms with Gasteiger partial charge in [0.25, 0.3) is 0 Å². The minimum absolute atomic E-state index is 0.114. The number of rotatable bonds is 6. The molecule has 0 fully saturated rings. The summed E-state index contributed by atoms with van der Waals surface area (Å²) in [6.45, 7) is 15.2. The number of hydrogen-bond donors (Lipinski definition) is 1. The summed E-state index contributed by atoms with van der Waals surface area (Å²) in [6, 6.07) is 2.56. The molecule has 1 amide bonds. The van der Waals surface area contributed by atoms with Crippen molar-refractivity contribution in [2.45, 2.75) is 84.8 Å². The third-order valence-corrected chi connectivity index (χ3v) is 8.02. The fourth-order valence-electron chi connectivity index (χ4n) is 4.09. The van der Waals surface area contributed by atoms with Gasteiger partial charge in [-0.15, -0.1) is 21.5 Å². The highest BCUT2D eigenvalue weighted by atomic mass is 32.2. The van der Waals surface area contributed by atoms with E-state index < -0.39 is 0 Å². The first-order chi connectivity index (χ1) is 14.5. The van der Waals surface area contributed by atoms with Crippen LogP contribution in [0.4, 0.5) is 5.00 Å². The summed E-state index contributed by atoms with van der Waals surface area (Å²) in [5.41, 5.74) is 2.03. The Hall–Kier alpha value is -1.85. The molecule has 168 valence electrons. The van der Waals surface area contributed by atoms with Gasteiger partial charge in [-0.05, 0) is 50.0 Å². The van der Waals surface area contributed by atoms with E-state index in [-0.39, 0.29) is 29.0 Å². The lowest BCUT2D eigenvalue weighted by Crippen LogP contribution is -2.26. The standard InChI is InChI=1S/C23H33N5OS2/c1-13(2)20-26-27-22(28(20)14(3)4)30-12-19(29)25-21-17(11-24)16-9-8-15(23(5,6)7)10-18(16)31-21/h13-15H,8-10,12H2,1-7H3,(H,25,29). The molecule has 0 saturated carbocycles. The van der Waals surface area contributed by atoms with Gasteiger partial charge in [0.1, 0.15) is 16.9 Å². The molecule has 0 bridgehead atoms. The minimum atomic E-state index is -0.114. The van der Waals surface area contributed by atoms with Gasteiger partial charge in [-0.25, -0.2) is 0 Å². The fourth-order valence-corrected chi connectivity index (χ4v) is 6.26. The number of nitrogens with one attached hydrogen (secondary N) is 1. The second kappa shape index (κ2) is 9.33. The van der Waals surface area contributed by atoms with Crippen LogP contribution in [0.3, 0.4) is 0 Å². The second-order valence-electron chi connectivity index (χ2n) is 9.92. The van der Waals surface area contributed by atoms with E-state index in [1.807, 2.05) is 0 Å². The van der Waals surface area contributed by atoms with E-state index >= 15 is 0 Å². The summed E-state index contributed by atoms with van der Waals surface area (Å²) in [4.78, 5) is 14.0. The minimum Gasteiger partial charge on any atom is -0.316 e. The SMILES string of the molecule is CC(C)c1nnc(SCC(=O)Nc2sc3c(c2C#N)CCC(C(C)(C)C)C3)n1C(C)C. The topological polar surface area (TPSA) is 83.6 Å². The van der Waals surface area contributed by atoms with Gasteiger partial charge < -0.3 is 9.88 Å². The van der Waals surface area contributed by atoms with Crippen LogP contribution in [0, 0.1) is 22.7 Å². The molecule has 0 aromatic carbocycles. The van der Waals surface area contributed by atoms with E-state index in [0.717, 1.165) is 35.8 Å². The van der Waals surface area contributed by atoms with Gasteiger partial charge in [0.15, 0.2) is 5.16 Å². The summed E-state index contributed by atoms with van der Waals surface area (Å²) in [6.07, 6.45) is 2.99. The zero-order chi connectivity index (χ0) is 22.9. The van der Waals surface area contributed by atoms with Crippen molar-refractivity contribution in [3.8, 4) is 6.07 Å². The van der Waals surface area contributed by atoms with Crippen molar-refractivity contribution in [1.82, 2.24) is 14.8 Å². The molecule has 1 aliphatic rings. The molecule has 2 aromatic heterocycles. The van der Waals surface area contributed by atoms with E-state index in [1.165, 1.54) is 16.6 Å². The van der Waals surface area contributed by atoms with Gasteiger partial charge in [0.05, 0.1) is 11.3 Å². The lowest BCUT2D eigenvalue weighted by atomic mass is 9.72. The molecule has 1 aliphatic carbocycles. The molecule has 1 atom stereocenters. The Bertz CT molecular complexity index is 991. The van der Waals surface area contributed by atoms with Crippen LogP contribution in [0.25, 0.3) is 0 Å². The molecule has 31 heavy (non-hydrogen) atoms. The molecule has 1 N–H and O–H groups in total. The highest BCUT2D eigenvalue weighted by Crippen LogP contribution is 2.44. The third-order valence-electron chi connectivity index (χ3n) is 5.91. The number of hydrogen-bond acceptors (Lipinski definition) is 6. The molecule has 2 aromatic rings. The molecule has 6 nitrogen and oxygen atoms in total. The number of thiophene rings is 1. The predicted molar refractivity (Wildman–Crippen MR) is 128 cm³/mol. The van der Waals surface area contributed by atoms with Crippen molar-refractivity contribution in [2.75, 3.05) is 11.1 Å². The van der Waals surface area contributed by atoms with E-state index in [4.69, 9.17) is 0 Å². The lowest BCUT2D eigenvalue weighted by Gasteiger charge is -2.33. The lowest BCUT2D eigenvalue weighted by molar-refractivity contribution is -0.113. The fraction of sp³-hybridized carbons (Fsp3) is 0.652. The van der Waals surface area contributed by atoms with Crippen molar-refractivity contribution in [3.63, 3.8) is 0 Å². The molecule has 0 saturated heterocycles. The first-order valence-electron chi connectivity index (χ1n) is 10.9. The Morgan fingerprint density at radius 1 is 1.32 bits per heavy atom. The number of carbonyl (C=O) groups is 1. The summed E-state index contributed by atoms with van der Waals surface area (Å²) < 4.78 is 2.10. The molecule has 0 spiro atoms. The van der Waals surface area contributed by atoms with Crippen LogP contribution in [0.2, 0.25) is 0 Å². The van der Waals surface area contributed by atoms with E-state index in [0.29, 0.717) is 16.5 Å². The summed E-state index contributed by atoms with van der Waals surface area (Å²) in [7, 11) is 0. The van der Waals surface area contributed by atoms with Crippen molar-refractivity contribution < 1.29 is 4.79 Å². The smallest absolute Gasteiger partial charge is 0.235 e. The third kappa shape index (κ3) is 5.15. The van der Waals surface area contributed by atoms with E-state index in [1.54, 1.807) is 11.3 Å². The number of amides is 1. The van der Waals surface area contributed by atoms with E-state index in [2.05, 4.69) is 74.6 Å². The molecule has 1 unspecified atom stereocenters. The number of aromatic nitrogens is 3. The molecule has 0 aliphatic heterocycles. The van der Waals surface area contributed by atoms with Crippen LogP contribution >= 0.6 is 23.1 Å². The summed E-state index contributed by atoms with van der Waals surface area (Å²) >= 11 is 2.97. The van der Waals surface area contributed by atoms with Gasteiger partial charge in [-0.3, -0.25) is 4.79 Å². The van der Waals surface area contributed by atoms with Crippen LogP contribution < -0.4 is 5.32 Å². The highest BCUT2D eigenvalue weighted by molar-refractivity contribution is 7.99. The van der Waals surface area contributed by atoms with Crippen LogP contribution in [-0.4, -0.2) is 26.4 Å². The van der Waals surface area contributed by atoms with Gasteiger partial charge in [0, 0.05) is 16.8 Å². The van der Waals surface area contributed by atoms with Gasteiger partial charge in [0.2, 0.25) is 5.91 Å². The Balaban J connectivity index is 1.71. The van der Waals surface area contributed by atoms with Crippen LogP contribution in [0.15, 0.2) is 5.16 Å². The van der Waals surface area contributed by atoms with Crippen LogP contribution in [-0.2, 0) is 17.6 Å². The predicted octanol–water partition coefficient (Wildman–Crippen LogP) is 5.80. The Morgan fingerprint density at radius 3 is 2.61 bits per heavy atom. The summed E-state index contributed by atoms with van der Waals surface area (Å²) in [5, 5.41) is 22.8. The van der Waals surface area contributed by atoms with Crippen LogP contribution in [0.1, 0.15) is 88.7 Å².